The van der Waals surface area contributed by atoms with Crippen LogP contribution >= 0.6 is 0 Å². The van der Waals surface area contributed by atoms with E-state index >= 15 is 0 Å². The molecule has 19 heavy (non-hydrogen) atoms. The van der Waals surface area contributed by atoms with Crippen molar-refractivity contribution in [3.63, 3.8) is 0 Å². The van der Waals surface area contributed by atoms with Crippen LogP contribution in [-0.2, 0) is 5.41 Å². The lowest BCUT2D eigenvalue weighted by Gasteiger charge is -2.27. The molecule has 3 nitrogen and oxygen atoms in total. The summed E-state index contributed by atoms with van der Waals surface area (Å²) < 4.78 is 5.20. The zero-order chi connectivity index (χ0) is 13.9. The fraction of sp³-hybridized carbons (Fsp3) is 0.625. The van der Waals surface area contributed by atoms with Crippen LogP contribution in [0.15, 0.2) is 24.3 Å². The van der Waals surface area contributed by atoms with Crippen molar-refractivity contribution in [2.45, 2.75) is 32.1 Å². The molecule has 0 amide bonds. The number of nitrogens with one attached hydrogen (secondary N) is 1. The molecule has 3 heteroatoms. The number of hydrogen-bond acceptors (Lipinski definition) is 3. The largest absolute Gasteiger partial charge is 0.497 e. The van der Waals surface area contributed by atoms with Crippen molar-refractivity contribution in [3.8, 4) is 5.75 Å². The van der Waals surface area contributed by atoms with Crippen LogP contribution in [0.25, 0.3) is 0 Å². The third-order valence-electron chi connectivity index (χ3n) is 4.33. The fourth-order valence-electron chi connectivity index (χ4n) is 2.41. The smallest absolute Gasteiger partial charge is 0.118 e. The maximum Gasteiger partial charge on any atom is 0.118 e. The second kappa shape index (κ2) is 5.51. The van der Waals surface area contributed by atoms with Crippen molar-refractivity contribution < 1.29 is 4.74 Å². The number of hydrogen-bond donors (Lipinski definition) is 2. The van der Waals surface area contributed by atoms with E-state index in [1.54, 1.807) is 7.11 Å². The zero-order valence-corrected chi connectivity index (χ0v) is 12.3. The van der Waals surface area contributed by atoms with Gasteiger partial charge in [0.2, 0.25) is 0 Å². The van der Waals surface area contributed by atoms with Gasteiger partial charge in [0.15, 0.2) is 0 Å². The summed E-state index contributed by atoms with van der Waals surface area (Å²) in [4.78, 5) is 0. The number of rotatable bonds is 7. The van der Waals surface area contributed by atoms with Crippen LogP contribution in [-0.4, -0.2) is 26.7 Å². The zero-order valence-electron chi connectivity index (χ0n) is 12.3. The minimum Gasteiger partial charge on any atom is -0.497 e. The number of nitrogens with two attached hydrogens (primary N) is 1. The first kappa shape index (κ1) is 14.4. The van der Waals surface area contributed by atoms with E-state index in [0.717, 1.165) is 25.4 Å². The Hall–Kier alpha value is -1.06. The highest BCUT2D eigenvalue weighted by atomic mass is 16.5. The first-order valence-corrected chi connectivity index (χ1v) is 7.07. The predicted molar refractivity (Wildman–Crippen MR) is 79.6 cm³/mol. The van der Waals surface area contributed by atoms with Gasteiger partial charge in [0.05, 0.1) is 7.11 Å². The molecule has 0 aromatic heterocycles. The van der Waals surface area contributed by atoms with Crippen LogP contribution in [0, 0.1) is 5.41 Å². The SMILES string of the molecule is COc1ccc(C(C)(C)CNCC2(CN)CC2)cc1. The highest BCUT2D eigenvalue weighted by Crippen LogP contribution is 2.43. The Morgan fingerprint density at radius 2 is 1.89 bits per heavy atom. The van der Waals surface area contributed by atoms with E-state index in [0.29, 0.717) is 5.41 Å². The molecule has 0 atom stereocenters. The summed E-state index contributed by atoms with van der Waals surface area (Å²) in [5.41, 5.74) is 7.66. The van der Waals surface area contributed by atoms with Crippen molar-refractivity contribution in [1.29, 1.82) is 0 Å². The molecule has 1 fully saturated rings. The van der Waals surface area contributed by atoms with Crippen molar-refractivity contribution in [2.24, 2.45) is 11.1 Å². The van der Waals surface area contributed by atoms with Gasteiger partial charge < -0.3 is 15.8 Å². The number of ether oxygens (including phenoxy) is 1. The van der Waals surface area contributed by atoms with Gasteiger partial charge in [-0.3, -0.25) is 0 Å². The quantitative estimate of drug-likeness (QED) is 0.792. The minimum atomic E-state index is 0.122. The first-order chi connectivity index (χ1) is 9.01. The van der Waals surface area contributed by atoms with Crippen molar-refractivity contribution >= 4 is 0 Å². The van der Waals surface area contributed by atoms with Gasteiger partial charge in [0, 0.05) is 18.5 Å². The second-order valence-corrected chi connectivity index (χ2v) is 6.42. The van der Waals surface area contributed by atoms with Gasteiger partial charge in [0.25, 0.3) is 0 Å². The van der Waals surface area contributed by atoms with E-state index in [1.165, 1.54) is 18.4 Å². The molecule has 3 N–H and O–H groups in total. The standard InChI is InChI=1S/C16H26N2O/c1-15(2,11-18-12-16(10-17)8-9-16)13-4-6-14(19-3)7-5-13/h4-7,18H,8-12,17H2,1-3H3. The van der Waals surface area contributed by atoms with Gasteiger partial charge in [-0.05, 0) is 42.5 Å². The van der Waals surface area contributed by atoms with Crippen LogP contribution in [0.5, 0.6) is 5.75 Å². The Morgan fingerprint density at radius 1 is 1.26 bits per heavy atom. The van der Waals surface area contributed by atoms with Crippen LogP contribution in [0.3, 0.4) is 0 Å². The summed E-state index contributed by atoms with van der Waals surface area (Å²) in [7, 11) is 1.70. The molecule has 0 unspecified atom stereocenters. The normalized spacial score (nSPS) is 17.3. The molecule has 1 aromatic carbocycles. The Balaban J connectivity index is 1.89. The lowest BCUT2D eigenvalue weighted by atomic mass is 9.84. The van der Waals surface area contributed by atoms with Gasteiger partial charge in [-0.1, -0.05) is 26.0 Å². The average molecular weight is 262 g/mol. The van der Waals surface area contributed by atoms with Crippen molar-refractivity contribution in [2.75, 3.05) is 26.7 Å². The summed E-state index contributed by atoms with van der Waals surface area (Å²) in [5.74, 6) is 0.910. The van der Waals surface area contributed by atoms with Crippen LogP contribution in [0.1, 0.15) is 32.3 Å². The Morgan fingerprint density at radius 3 is 2.37 bits per heavy atom. The third-order valence-corrected chi connectivity index (χ3v) is 4.33. The molecular formula is C16H26N2O. The topological polar surface area (TPSA) is 47.3 Å². The summed E-state index contributed by atoms with van der Waals surface area (Å²) in [5, 5.41) is 3.60. The molecule has 1 aliphatic rings. The molecule has 2 rings (SSSR count). The van der Waals surface area contributed by atoms with E-state index in [4.69, 9.17) is 10.5 Å². The first-order valence-electron chi connectivity index (χ1n) is 7.07. The van der Waals surface area contributed by atoms with Gasteiger partial charge in [-0.25, -0.2) is 0 Å². The lowest BCUT2D eigenvalue weighted by molar-refractivity contribution is 0.405. The van der Waals surface area contributed by atoms with Crippen molar-refractivity contribution in [1.82, 2.24) is 5.32 Å². The number of methoxy groups -OCH3 is 1. The van der Waals surface area contributed by atoms with E-state index in [2.05, 4.69) is 31.3 Å². The molecule has 0 heterocycles. The van der Waals surface area contributed by atoms with Gasteiger partial charge in [0.1, 0.15) is 5.75 Å². The molecule has 0 radical (unpaired) electrons. The number of benzene rings is 1. The third kappa shape index (κ3) is 3.48. The molecular weight excluding hydrogens is 236 g/mol. The maximum absolute atomic E-state index is 5.81. The minimum absolute atomic E-state index is 0.122. The monoisotopic (exact) mass is 262 g/mol. The maximum atomic E-state index is 5.81. The van der Waals surface area contributed by atoms with Crippen LogP contribution in [0.4, 0.5) is 0 Å². The van der Waals surface area contributed by atoms with Crippen LogP contribution < -0.4 is 15.8 Å². The molecule has 106 valence electrons. The molecule has 0 bridgehead atoms. The molecule has 1 aromatic rings. The summed E-state index contributed by atoms with van der Waals surface area (Å²) in [6.07, 6.45) is 2.55. The molecule has 1 aliphatic carbocycles. The van der Waals surface area contributed by atoms with E-state index < -0.39 is 0 Å². The highest BCUT2D eigenvalue weighted by molar-refractivity contribution is 5.31. The van der Waals surface area contributed by atoms with E-state index in [-0.39, 0.29) is 5.41 Å². The Bertz CT molecular complexity index is 407. The van der Waals surface area contributed by atoms with E-state index in [1.807, 2.05) is 12.1 Å². The van der Waals surface area contributed by atoms with Gasteiger partial charge in [-0.2, -0.15) is 0 Å². The van der Waals surface area contributed by atoms with Crippen molar-refractivity contribution in [3.05, 3.63) is 29.8 Å². The summed E-state index contributed by atoms with van der Waals surface area (Å²) >= 11 is 0. The van der Waals surface area contributed by atoms with Crippen LogP contribution in [0.2, 0.25) is 0 Å². The lowest BCUT2D eigenvalue weighted by Crippen LogP contribution is -2.38. The average Bonchev–Trinajstić information content (AvgIpc) is 3.19. The molecule has 0 spiro atoms. The molecule has 0 saturated heterocycles. The van der Waals surface area contributed by atoms with Gasteiger partial charge >= 0.3 is 0 Å². The Labute approximate surface area is 116 Å². The van der Waals surface area contributed by atoms with E-state index in [9.17, 15) is 0 Å². The Kier molecular flexibility index (Phi) is 4.16. The van der Waals surface area contributed by atoms with Gasteiger partial charge in [-0.15, -0.1) is 0 Å². The molecule has 0 aliphatic heterocycles. The fourth-order valence-corrected chi connectivity index (χ4v) is 2.41. The summed E-state index contributed by atoms with van der Waals surface area (Å²) in [6.45, 7) is 7.36. The highest BCUT2D eigenvalue weighted by Gasteiger charge is 2.40. The molecule has 1 saturated carbocycles. The predicted octanol–water partition coefficient (Wildman–Crippen LogP) is 2.30. The second-order valence-electron chi connectivity index (χ2n) is 6.42. The summed E-state index contributed by atoms with van der Waals surface area (Å²) in [6, 6.07) is 8.35.